The van der Waals surface area contributed by atoms with Gasteiger partial charge < -0.3 is 10.00 Å². The summed E-state index contributed by atoms with van der Waals surface area (Å²) in [5, 5.41) is 12.2. The number of likely N-dealkylation sites (N-methyl/N-ethyl adjacent to an activating group) is 1. The van der Waals surface area contributed by atoms with Crippen LogP contribution in [0.5, 0.6) is 0 Å². The molecule has 1 fully saturated rings. The predicted octanol–water partition coefficient (Wildman–Crippen LogP) is -1.81. The molecule has 7 nitrogen and oxygen atoms in total. The quantitative estimate of drug-likeness (QED) is 0.309. The topological polar surface area (TPSA) is 112 Å². The van der Waals surface area contributed by atoms with E-state index < -0.39 is 19.8 Å². The predicted molar refractivity (Wildman–Crippen MR) is 40.5 cm³/mol. The zero-order valence-electron chi connectivity index (χ0n) is 6.37. The van der Waals surface area contributed by atoms with Gasteiger partial charge in [0.25, 0.3) is 8.18 Å². The second-order valence-electron chi connectivity index (χ2n) is 2.49. The lowest BCUT2D eigenvalue weighted by molar-refractivity contribution is -0.141. The Morgan fingerprint density at radius 3 is 2.58 bits per heavy atom. The van der Waals surface area contributed by atoms with E-state index in [2.05, 4.69) is 10.5 Å². The molecule has 0 amide bonds. The molecule has 0 aromatic heterocycles. The van der Waals surface area contributed by atoms with Crippen LogP contribution in [0, 0.1) is 0 Å². The Morgan fingerprint density at radius 1 is 1.83 bits per heavy atom. The summed E-state index contributed by atoms with van der Waals surface area (Å²) in [6, 6.07) is 0. The van der Waals surface area contributed by atoms with Gasteiger partial charge in [0.05, 0.1) is 0 Å². The molecule has 0 aromatic rings. The first-order chi connectivity index (χ1) is 5.49. The fourth-order valence-corrected chi connectivity index (χ4v) is 1.29. The van der Waals surface area contributed by atoms with Gasteiger partial charge in [-0.3, -0.25) is 4.57 Å². The smallest absolute Gasteiger partial charge is 0.343 e. The second kappa shape index (κ2) is 3.12. The van der Waals surface area contributed by atoms with E-state index >= 15 is 0 Å². The largest absolute Gasteiger partial charge is 0.479 e. The molecule has 0 aliphatic carbocycles. The number of nitrogens with zero attached hydrogens (tertiary/aromatic N) is 1. The fraction of sp³-hybridized carbons (Fsp3) is 0.750. The lowest BCUT2D eigenvalue weighted by Crippen LogP contribution is -2.38. The van der Waals surface area contributed by atoms with Crippen molar-refractivity contribution in [1.82, 2.24) is 15.5 Å². The van der Waals surface area contributed by atoms with E-state index in [0.717, 1.165) is 0 Å². The van der Waals surface area contributed by atoms with Crippen molar-refractivity contribution in [3.63, 3.8) is 0 Å². The maximum Gasteiger partial charge on any atom is 0.343 e. The van der Waals surface area contributed by atoms with Crippen molar-refractivity contribution in [3.8, 4) is 0 Å². The summed E-state index contributed by atoms with van der Waals surface area (Å²) in [7, 11) is -1.27. The summed E-state index contributed by atoms with van der Waals surface area (Å²) >= 11 is 0. The van der Waals surface area contributed by atoms with Gasteiger partial charge >= 0.3 is 5.97 Å². The van der Waals surface area contributed by atoms with Gasteiger partial charge in [0.15, 0.2) is 0 Å². The van der Waals surface area contributed by atoms with Crippen LogP contribution in [0.2, 0.25) is 0 Å². The van der Waals surface area contributed by atoms with Gasteiger partial charge in [0.2, 0.25) is 5.66 Å². The second-order valence-corrected chi connectivity index (χ2v) is 3.46. The summed E-state index contributed by atoms with van der Waals surface area (Å²) < 4.78 is 10.2. The van der Waals surface area contributed by atoms with Gasteiger partial charge in [-0.15, -0.1) is 0 Å². The van der Waals surface area contributed by atoms with Crippen LogP contribution in [0.25, 0.3) is 0 Å². The number of rotatable bonds is 4. The molecule has 1 rings (SSSR count). The molecule has 1 aliphatic heterocycles. The highest BCUT2D eigenvalue weighted by molar-refractivity contribution is 7.35. The highest BCUT2D eigenvalue weighted by Crippen LogP contribution is 2.23. The molecule has 2 unspecified atom stereocenters. The number of carboxylic acid groups (broad SMARTS) is 1. The number of hydrazine groups is 1. The minimum absolute atomic E-state index is 0.0901. The van der Waals surface area contributed by atoms with Crippen molar-refractivity contribution in [2.45, 2.75) is 5.66 Å². The molecule has 1 heterocycles. The van der Waals surface area contributed by atoms with Gasteiger partial charge in [0, 0.05) is 13.6 Å². The third-order valence-electron chi connectivity index (χ3n) is 1.72. The van der Waals surface area contributed by atoms with E-state index in [-0.39, 0.29) is 6.54 Å². The Balaban J connectivity index is 2.48. The molecule has 0 saturated carbocycles. The van der Waals surface area contributed by atoms with E-state index in [1.165, 1.54) is 5.01 Å². The van der Waals surface area contributed by atoms with E-state index in [9.17, 15) is 9.36 Å². The Labute approximate surface area is 69.3 Å². The van der Waals surface area contributed by atoms with Crippen molar-refractivity contribution in [1.29, 1.82) is 0 Å². The van der Waals surface area contributed by atoms with E-state index in [0.29, 0.717) is 0 Å². The minimum atomic E-state index is -2.81. The average Bonchev–Trinajstić information content (AvgIpc) is 2.59. The third kappa shape index (κ3) is 1.65. The first-order valence-corrected chi connectivity index (χ1v) is 4.56. The van der Waals surface area contributed by atoms with Gasteiger partial charge in [-0.25, -0.2) is 20.3 Å². The number of hydrogen-bond donors (Lipinski definition) is 4. The van der Waals surface area contributed by atoms with Crippen LogP contribution in [0.15, 0.2) is 0 Å². The van der Waals surface area contributed by atoms with Crippen LogP contribution in [0.3, 0.4) is 0 Å². The van der Waals surface area contributed by atoms with Crippen LogP contribution < -0.4 is 10.5 Å². The van der Waals surface area contributed by atoms with Crippen LogP contribution >= 0.6 is 8.18 Å². The molecule has 1 saturated heterocycles. The Morgan fingerprint density at radius 2 is 2.33 bits per heavy atom. The summed E-state index contributed by atoms with van der Waals surface area (Å²) in [6.07, 6.45) is 0. The van der Waals surface area contributed by atoms with Crippen molar-refractivity contribution in [2.75, 3.05) is 13.6 Å². The van der Waals surface area contributed by atoms with Gasteiger partial charge in [-0.2, -0.15) is 0 Å². The molecule has 0 radical (unpaired) electrons. The van der Waals surface area contributed by atoms with Gasteiger partial charge in [-0.1, -0.05) is 0 Å². The van der Waals surface area contributed by atoms with Gasteiger partial charge in [0.1, 0.15) is 0 Å². The zero-order chi connectivity index (χ0) is 9.35. The standard InChI is InChI=1S/C4H10N3O4P/c1-7-4(6-7,3(8)9)2-5-12(10)11/h6,12H,2H2,1H3,(H,8,9)(H2,5,10,11)/t4-,7?/m0/s1. The number of aliphatic carboxylic acids is 1. The summed E-state index contributed by atoms with van der Waals surface area (Å²) in [5.74, 6) is -1.07. The average molecular weight is 195 g/mol. The highest BCUT2D eigenvalue weighted by atomic mass is 31.1. The molecule has 8 heteroatoms. The van der Waals surface area contributed by atoms with Crippen molar-refractivity contribution >= 4 is 14.1 Å². The highest BCUT2D eigenvalue weighted by Gasteiger charge is 2.56. The Bertz CT molecular complexity index is 234. The van der Waals surface area contributed by atoms with Crippen LogP contribution in [0.4, 0.5) is 0 Å². The maximum atomic E-state index is 10.6. The first kappa shape index (κ1) is 9.63. The molecule has 0 aromatic carbocycles. The number of hydrogen-bond acceptors (Lipinski definition) is 4. The van der Waals surface area contributed by atoms with Crippen LogP contribution in [-0.2, 0) is 9.36 Å². The molecule has 12 heavy (non-hydrogen) atoms. The Kier molecular flexibility index (Phi) is 2.50. The molecule has 0 spiro atoms. The summed E-state index contributed by atoms with van der Waals surface area (Å²) in [6.45, 7) is -0.0901. The number of carboxylic acids is 1. The molecule has 3 atom stereocenters. The molecule has 70 valence electrons. The van der Waals surface area contributed by atoms with Crippen LogP contribution in [-0.4, -0.2) is 40.2 Å². The van der Waals surface area contributed by atoms with Crippen molar-refractivity contribution in [2.24, 2.45) is 0 Å². The lowest BCUT2D eigenvalue weighted by Gasteiger charge is -2.06. The van der Waals surface area contributed by atoms with E-state index in [4.69, 9.17) is 10.00 Å². The summed E-state index contributed by atoms with van der Waals surface area (Å²) in [4.78, 5) is 19.0. The van der Waals surface area contributed by atoms with Gasteiger partial charge in [-0.05, 0) is 0 Å². The van der Waals surface area contributed by atoms with Crippen molar-refractivity contribution in [3.05, 3.63) is 0 Å². The normalized spacial score (nSPS) is 36.0. The maximum absolute atomic E-state index is 10.6. The molecular weight excluding hydrogens is 185 g/mol. The minimum Gasteiger partial charge on any atom is -0.479 e. The number of carbonyl (C=O) groups is 1. The SMILES string of the molecule is CN1N[C@]1(CN[PH](=O)O)C(=O)O. The Hall–Kier alpha value is -0.460. The lowest BCUT2D eigenvalue weighted by atomic mass is 10.2. The number of nitrogens with one attached hydrogen (secondary N) is 2. The molecule has 4 N–H and O–H groups in total. The third-order valence-corrected chi connectivity index (χ3v) is 2.20. The van der Waals surface area contributed by atoms with E-state index in [1.54, 1.807) is 7.05 Å². The monoisotopic (exact) mass is 195 g/mol. The molecule has 1 aliphatic rings. The fourth-order valence-electron chi connectivity index (χ4n) is 0.881. The molecule has 0 bridgehead atoms. The van der Waals surface area contributed by atoms with Crippen molar-refractivity contribution < 1.29 is 19.4 Å². The zero-order valence-corrected chi connectivity index (χ0v) is 7.37. The van der Waals surface area contributed by atoms with E-state index in [1.807, 2.05) is 0 Å². The molecular formula is C4H10N3O4P. The first-order valence-electron chi connectivity index (χ1n) is 3.21. The summed E-state index contributed by atoms with van der Waals surface area (Å²) in [5.41, 5.74) is 1.33. The van der Waals surface area contributed by atoms with Crippen LogP contribution in [0.1, 0.15) is 0 Å².